The minimum atomic E-state index is -0.267. The number of carbonyl (C=O) groups excluding carboxylic acids is 2. The summed E-state index contributed by atoms with van der Waals surface area (Å²) in [7, 11) is 0. The number of halogens is 1. The highest BCUT2D eigenvalue weighted by Crippen LogP contribution is 2.30. The minimum Gasteiger partial charge on any atom is -0.378 e. The van der Waals surface area contributed by atoms with E-state index >= 15 is 0 Å². The van der Waals surface area contributed by atoms with Gasteiger partial charge >= 0.3 is 0 Å². The van der Waals surface area contributed by atoms with Crippen molar-refractivity contribution in [2.75, 3.05) is 49.6 Å². The Kier molecular flexibility index (Phi) is 7.19. The Balaban J connectivity index is 1.57. The molecule has 0 unspecified atom stereocenters. The third kappa shape index (κ3) is 5.62. The third-order valence-corrected chi connectivity index (χ3v) is 6.11. The summed E-state index contributed by atoms with van der Waals surface area (Å²) in [6, 6.07) is 11.2. The van der Waals surface area contributed by atoms with E-state index in [4.69, 9.17) is 4.74 Å². The molecule has 1 aromatic heterocycles. The number of morpholine rings is 1. The highest BCUT2D eigenvalue weighted by atomic mass is 79.9. The highest BCUT2D eigenvalue weighted by molar-refractivity contribution is 9.10. The van der Waals surface area contributed by atoms with Gasteiger partial charge in [0.2, 0.25) is 5.91 Å². The molecule has 4 rings (SSSR count). The van der Waals surface area contributed by atoms with Crippen LogP contribution in [-0.4, -0.2) is 61.1 Å². The van der Waals surface area contributed by atoms with E-state index in [1.165, 1.54) is 6.42 Å². The predicted octanol–water partition coefficient (Wildman–Crippen LogP) is 3.49. The van der Waals surface area contributed by atoms with Crippen molar-refractivity contribution >= 4 is 39.1 Å². The predicted molar refractivity (Wildman–Crippen MR) is 123 cm³/mol. The van der Waals surface area contributed by atoms with Crippen molar-refractivity contribution in [3.63, 3.8) is 0 Å². The molecule has 2 aliphatic rings. The van der Waals surface area contributed by atoms with Gasteiger partial charge < -0.3 is 19.9 Å². The fourth-order valence-electron chi connectivity index (χ4n) is 4.02. The number of nitrogens with one attached hydrogen (secondary N) is 1. The lowest BCUT2D eigenvalue weighted by molar-refractivity contribution is -0.134. The second-order valence-electron chi connectivity index (χ2n) is 7.87. The first-order valence-corrected chi connectivity index (χ1v) is 11.6. The van der Waals surface area contributed by atoms with Crippen LogP contribution in [0.25, 0.3) is 0 Å². The summed E-state index contributed by atoms with van der Waals surface area (Å²) in [6.07, 6.45) is 3.81. The van der Waals surface area contributed by atoms with Crippen LogP contribution in [0.2, 0.25) is 0 Å². The molecule has 2 saturated heterocycles. The van der Waals surface area contributed by atoms with Crippen LogP contribution in [0, 0.1) is 0 Å². The van der Waals surface area contributed by atoms with Gasteiger partial charge in [0.1, 0.15) is 10.3 Å². The number of aromatic nitrogens is 1. The summed E-state index contributed by atoms with van der Waals surface area (Å²) in [5.41, 5.74) is 2.94. The molecular formula is C23H27BrN4O3. The molecule has 0 atom stereocenters. The third-order valence-electron chi connectivity index (χ3n) is 5.67. The normalized spacial score (nSPS) is 16.8. The molecule has 0 spiro atoms. The number of carbonyl (C=O) groups is 2. The van der Waals surface area contributed by atoms with Crippen molar-refractivity contribution < 1.29 is 14.3 Å². The first-order valence-electron chi connectivity index (χ1n) is 10.8. The smallest absolute Gasteiger partial charge is 0.274 e. The summed E-state index contributed by atoms with van der Waals surface area (Å²) in [4.78, 5) is 34.0. The van der Waals surface area contributed by atoms with Gasteiger partial charge in [-0.2, -0.15) is 0 Å². The quantitative estimate of drug-likeness (QED) is 0.654. The van der Waals surface area contributed by atoms with Crippen molar-refractivity contribution in [1.82, 2.24) is 9.88 Å². The van der Waals surface area contributed by atoms with Gasteiger partial charge in [0.15, 0.2) is 0 Å². The van der Waals surface area contributed by atoms with Gasteiger partial charge in [-0.15, -0.1) is 0 Å². The fraction of sp³-hybridized carbons (Fsp3) is 0.435. The van der Waals surface area contributed by atoms with Crippen LogP contribution in [0.4, 0.5) is 11.4 Å². The molecule has 8 heteroatoms. The Morgan fingerprint density at radius 3 is 2.55 bits per heavy atom. The van der Waals surface area contributed by atoms with Gasteiger partial charge in [0.05, 0.1) is 31.0 Å². The van der Waals surface area contributed by atoms with E-state index in [1.54, 1.807) is 18.2 Å². The number of rotatable bonds is 5. The number of hydrogen-bond donors (Lipinski definition) is 1. The van der Waals surface area contributed by atoms with Crippen molar-refractivity contribution in [2.24, 2.45) is 0 Å². The molecule has 1 aromatic carbocycles. The maximum absolute atomic E-state index is 12.9. The van der Waals surface area contributed by atoms with Crippen molar-refractivity contribution in [3.8, 4) is 0 Å². The Bertz CT molecular complexity index is 940. The van der Waals surface area contributed by atoms with Gasteiger partial charge in [-0.3, -0.25) is 9.59 Å². The standard InChI is InChI=1S/C23H27BrN4O3/c24-21-6-4-5-18(25-21)23(30)26-19-15-17(16-22(29)28-11-13-31-14-12-28)7-8-20(19)27-9-2-1-3-10-27/h4-8,15H,1-3,9-14,16H2,(H,26,30). The number of amides is 2. The van der Waals surface area contributed by atoms with Crippen LogP contribution in [-0.2, 0) is 16.0 Å². The van der Waals surface area contributed by atoms with Gasteiger partial charge in [0.25, 0.3) is 5.91 Å². The summed E-state index contributed by atoms with van der Waals surface area (Å²) >= 11 is 3.32. The maximum atomic E-state index is 12.9. The largest absolute Gasteiger partial charge is 0.378 e. The summed E-state index contributed by atoms with van der Waals surface area (Å²) in [6.45, 7) is 4.35. The average Bonchev–Trinajstić information content (AvgIpc) is 2.80. The number of benzene rings is 1. The molecule has 2 aromatic rings. The Morgan fingerprint density at radius 1 is 1.03 bits per heavy atom. The molecule has 3 heterocycles. The van der Waals surface area contributed by atoms with Crippen LogP contribution < -0.4 is 10.2 Å². The lowest BCUT2D eigenvalue weighted by Gasteiger charge is -2.31. The molecule has 0 saturated carbocycles. The van der Waals surface area contributed by atoms with Gasteiger partial charge in [0, 0.05) is 26.2 Å². The SMILES string of the molecule is O=C(Nc1cc(CC(=O)N2CCOCC2)ccc1N1CCCCC1)c1cccc(Br)n1. The molecule has 2 fully saturated rings. The summed E-state index contributed by atoms with van der Waals surface area (Å²) in [5.74, 6) is -0.184. The van der Waals surface area contributed by atoms with E-state index in [2.05, 4.69) is 31.1 Å². The Morgan fingerprint density at radius 2 is 1.81 bits per heavy atom. The van der Waals surface area contributed by atoms with E-state index in [-0.39, 0.29) is 11.8 Å². The number of pyridine rings is 1. The van der Waals surface area contributed by atoms with E-state index in [0.717, 1.165) is 42.9 Å². The zero-order chi connectivity index (χ0) is 21.6. The summed E-state index contributed by atoms with van der Waals surface area (Å²) in [5, 5.41) is 3.04. The van der Waals surface area contributed by atoms with E-state index < -0.39 is 0 Å². The molecule has 0 bridgehead atoms. The lowest BCUT2D eigenvalue weighted by Crippen LogP contribution is -2.41. The molecule has 1 N–H and O–H groups in total. The van der Waals surface area contributed by atoms with Crippen molar-refractivity contribution in [2.45, 2.75) is 25.7 Å². The number of nitrogens with zero attached hydrogens (tertiary/aromatic N) is 3. The average molecular weight is 487 g/mol. The van der Waals surface area contributed by atoms with Crippen LogP contribution >= 0.6 is 15.9 Å². The van der Waals surface area contributed by atoms with Crippen molar-refractivity contribution in [1.29, 1.82) is 0 Å². The Hall–Kier alpha value is -2.45. The number of piperidine rings is 1. The molecule has 0 radical (unpaired) electrons. The monoisotopic (exact) mass is 486 g/mol. The van der Waals surface area contributed by atoms with Gasteiger partial charge in [-0.05, 0) is 65.0 Å². The lowest BCUT2D eigenvalue weighted by atomic mass is 10.1. The number of ether oxygens (including phenoxy) is 1. The van der Waals surface area contributed by atoms with E-state index in [0.29, 0.717) is 43.0 Å². The van der Waals surface area contributed by atoms with Gasteiger partial charge in [-0.25, -0.2) is 4.98 Å². The molecule has 0 aliphatic carbocycles. The van der Waals surface area contributed by atoms with E-state index in [1.807, 2.05) is 23.1 Å². The maximum Gasteiger partial charge on any atom is 0.274 e. The minimum absolute atomic E-state index is 0.0833. The van der Waals surface area contributed by atoms with Crippen LogP contribution in [0.15, 0.2) is 41.0 Å². The molecule has 31 heavy (non-hydrogen) atoms. The van der Waals surface area contributed by atoms with Crippen molar-refractivity contribution in [3.05, 3.63) is 52.3 Å². The zero-order valence-electron chi connectivity index (χ0n) is 17.5. The van der Waals surface area contributed by atoms with E-state index in [9.17, 15) is 9.59 Å². The summed E-state index contributed by atoms with van der Waals surface area (Å²) < 4.78 is 5.95. The molecule has 2 aliphatic heterocycles. The molecular weight excluding hydrogens is 460 g/mol. The highest BCUT2D eigenvalue weighted by Gasteiger charge is 2.20. The first kappa shape index (κ1) is 21.8. The first-order chi connectivity index (χ1) is 15.1. The fourth-order valence-corrected chi connectivity index (χ4v) is 4.37. The van der Waals surface area contributed by atoms with Crippen LogP contribution in [0.3, 0.4) is 0 Å². The molecule has 7 nitrogen and oxygen atoms in total. The number of hydrogen-bond acceptors (Lipinski definition) is 5. The second kappa shape index (κ2) is 10.2. The molecule has 164 valence electrons. The van der Waals surface area contributed by atoms with Gasteiger partial charge in [-0.1, -0.05) is 12.1 Å². The molecule has 2 amide bonds. The second-order valence-corrected chi connectivity index (χ2v) is 8.68. The Labute approximate surface area is 190 Å². The van der Waals surface area contributed by atoms with Crippen LogP contribution in [0.5, 0.6) is 0 Å². The van der Waals surface area contributed by atoms with Crippen LogP contribution in [0.1, 0.15) is 35.3 Å². The zero-order valence-corrected chi connectivity index (χ0v) is 19.1. The topological polar surface area (TPSA) is 74.8 Å². The number of anilines is 2.